The molecule has 0 saturated carbocycles. The highest BCUT2D eigenvalue weighted by atomic mass is 32.2. The van der Waals surface area contributed by atoms with E-state index >= 15 is 0 Å². The summed E-state index contributed by atoms with van der Waals surface area (Å²) in [6, 6.07) is 11.0. The lowest BCUT2D eigenvalue weighted by Gasteiger charge is -2.33. The zero-order chi connectivity index (χ0) is 20.3. The van der Waals surface area contributed by atoms with Gasteiger partial charge in [-0.2, -0.15) is 0 Å². The molecular formula is C23H30N4OS. The minimum atomic E-state index is 0.222. The number of benzene rings is 1. The molecule has 0 aliphatic carbocycles. The molecule has 1 aliphatic heterocycles. The zero-order valence-electron chi connectivity index (χ0n) is 17.4. The Labute approximate surface area is 177 Å². The van der Waals surface area contributed by atoms with E-state index in [4.69, 9.17) is 4.74 Å². The van der Waals surface area contributed by atoms with Crippen molar-refractivity contribution in [2.45, 2.75) is 32.7 Å². The minimum Gasteiger partial charge on any atom is -0.492 e. The highest BCUT2D eigenvalue weighted by Crippen LogP contribution is 2.36. The number of pyridine rings is 1. The van der Waals surface area contributed by atoms with Crippen LogP contribution in [0, 0.1) is 5.41 Å². The Morgan fingerprint density at radius 3 is 2.69 bits per heavy atom. The van der Waals surface area contributed by atoms with Crippen LogP contribution in [0.4, 0.5) is 0 Å². The quantitative estimate of drug-likeness (QED) is 0.482. The van der Waals surface area contributed by atoms with Gasteiger partial charge in [-0.1, -0.05) is 43.1 Å². The van der Waals surface area contributed by atoms with Gasteiger partial charge in [-0.05, 0) is 56.3 Å². The standard InChI is InChI=1S/C23H30N4OS/c1-16(27-29-3)17-4-6-18(7-5-17)19-14-26-22-21(19)20(8-11-25-22)28-15-23(2)9-12-24-13-10-23/h4-8,11,14,16,24,27H,9-10,12-13,15H2,1-3H3,(H,25,26). The Hall–Kier alpha value is -2.02. The summed E-state index contributed by atoms with van der Waals surface area (Å²) in [5.41, 5.74) is 4.67. The van der Waals surface area contributed by atoms with E-state index < -0.39 is 0 Å². The van der Waals surface area contributed by atoms with Crippen LogP contribution in [-0.4, -0.2) is 35.9 Å². The van der Waals surface area contributed by atoms with Crippen molar-refractivity contribution in [2.75, 3.05) is 26.0 Å². The Bertz CT molecular complexity index is 947. The number of aromatic nitrogens is 2. The van der Waals surface area contributed by atoms with Crippen LogP contribution in [0.3, 0.4) is 0 Å². The van der Waals surface area contributed by atoms with Gasteiger partial charge in [0, 0.05) is 29.4 Å². The van der Waals surface area contributed by atoms with Crippen molar-refractivity contribution < 1.29 is 4.74 Å². The van der Waals surface area contributed by atoms with Gasteiger partial charge in [0.15, 0.2) is 0 Å². The van der Waals surface area contributed by atoms with E-state index in [1.165, 1.54) is 11.1 Å². The second kappa shape index (κ2) is 8.78. The lowest BCUT2D eigenvalue weighted by Crippen LogP contribution is -2.38. The SMILES string of the molecule is CSNC(C)c1ccc(-c2c[nH]c3nccc(OCC4(C)CCNCC4)c23)cc1. The van der Waals surface area contributed by atoms with Crippen LogP contribution < -0.4 is 14.8 Å². The molecule has 0 radical (unpaired) electrons. The van der Waals surface area contributed by atoms with Crippen molar-refractivity contribution in [2.24, 2.45) is 5.41 Å². The van der Waals surface area contributed by atoms with Gasteiger partial charge in [0.05, 0.1) is 12.0 Å². The minimum absolute atomic E-state index is 0.222. The van der Waals surface area contributed by atoms with Gasteiger partial charge in [0.2, 0.25) is 0 Å². The summed E-state index contributed by atoms with van der Waals surface area (Å²) in [5.74, 6) is 0.910. The Kier molecular flexibility index (Phi) is 6.13. The van der Waals surface area contributed by atoms with E-state index in [1.54, 1.807) is 11.9 Å². The first-order valence-corrected chi connectivity index (χ1v) is 11.5. The van der Waals surface area contributed by atoms with E-state index in [9.17, 15) is 0 Å². The molecule has 1 aromatic carbocycles. The number of nitrogens with one attached hydrogen (secondary N) is 3. The first-order chi connectivity index (χ1) is 14.1. The Balaban J connectivity index is 1.61. The molecule has 3 N–H and O–H groups in total. The van der Waals surface area contributed by atoms with Crippen LogP contribution in [0.25, 0.3) is 22.2 Å². The fourth-order valence-electron chi connectivity index (χ4n) is 4.00. The summed E-state index contributed by atoms with van der Waals surface area (Å²) in [5, 5.41) is 4.50. The fourth-order valence-corrected chi connectivity index (χ4v) is 4.49. The molecule has 1 fully saturated rings. The first kappa shape index (κ1) is 20.3. The third-order valence-electron chi connectivity index (χ3n) is 5.94. The molecule has 154 valence electrons. The molecule has 2 aromatic heterocycles. The number of rotatable bonds is 7. The van der Waals surface area contributed by atoms with E-state index in [1.807, 2.05) is 18.5 Å². The summed E-state index contributed by atoms with van der Waals surface area (Å²) < 4.78 is 9.76. The van der Waals surface area contributed by atoms with Crippen LogP contribution in [0.2, 0.25) is 0 Å². The average Bonchev–Trinajstić information content (AvgIpc) is 3.18. The van der Waals surface area contributed by atoms with E-state index in [0.717, 1.165) is 54.9 Å². The van der Waals surface area contributed by atoms with Crippen molar-refractivity contribution in [3.8, 4) is 16.9 Å². The molecular weight excluding hydrogens is 380 g/mol. The third kappa shape index (κ3) is 4.44. The van der Waals surface area contributed by atoms with E-state index in [2.05, 4.69) is 64.4 Å². The Morgan fingerprint density at radius 2 is 1.97 bits per heavy atom. The second-order valence-corrected chi connectivity index (χ2v) is 8.89. The normalized spacial score (nSPS) is 17.3. The van der Waals surface area contributed by atoms with Gasteiger partial charge in [-0.3, -0.25) is 4.72 Å². The molecule has 5 nitrogen and oxygen atoms in total. The maximum atomic E-state index is 6.38. The number of hydrogen-bond donors (Lipinski definition) is 3. The third-order valence-corrected chi connectivity index (χ3v) is 6.53. The van der Waals surface area contributed by atoms with Crippen molar-refractivity contribution in [1.29, 1.82) is 0 Å². The molecule has 3 heterocycles. The largest absolute Gasteiger partial charge is 0.492 e. The molecule has 1 aliphatic rings. The van der Waals surface area contributed by atoms with Crippen LogP contribution in [0.5, 0.6) is 5.75 Å². The number of nitrogens with zero attached hydrogens (tertiary/aromatic N) is 1. The lowest BCUT2D eigenvalue weighted by molar-refractivity contribution is 0.124. The average molecular weight is 411 g/mol. The maximum absolute atomic E-state index is 6.38. The molecule has 0 bridgehead atoms. The lowest BCUT2D eigenvalue weighted by atomic mass is 9.82. The second-order valence-electron chi connectivity index (χ2n) is 8.25. The maximum Gasteiger partial charge on any atom is 0.141 e. The summed E-state index contributed by atoms with van der Waals surface area (Å²) in [7, 11) is 0. The number of ether oxygens (including phenoxy) is 1. The molecule has 0 spiro atoms. The van der Waals surface area contributed by atoms with Gasteiger partial charge in [-0.25, -0.2) is 4.98 Å². The van der Waals surface area contributed by atoms with Gasteiger partial charge in [-0.15, -0.1) is 0 Å². The summed E-state index contributed by atoms with van der Waals surface area (Å²) >= 11 is 1.64. The van der Waals surface area contributed by atoms with E-state index in [-0.39, 0.29) is 5.41 Å². The van der Waals surface area contributed by atoms with Crippen LogP contribution in [0.1, 0.15) is 38.3 Å². The van der Waals surface area contributed by atoms with Crippen LogP contribution in [-0.2, 0) is 0 Å². The summed E-state index contributed by atoms with van der Waals surface area (Å²) in [6.07, 6.45) is 8.20. The first-order valence-electron chi connectivity index (χ1n) is 10.3. The van der Waals surface area contributed by atoms with Crippen molar-refractivity contribution in [1.82, 2.24) is 20.0 Å². The van der Waals surface area contributed by atoms with Gasteiger partial charge < -0.3 is 15.0 Å². The zero-order valence-corrected chi connectivity index (χ0v) is 18.2. The summed E-state index contributed by atoms with van der Waals surface area (Å²) in [4.78, 5) is 7.83. The monoisotopic (exact) mass is 410 g/mol. The predicted molar refractivity (Wildman–Crippen MR) is 122 cm³/mol. The molecule has 1 unspecified atom stereocenters. The number of aromatic amines is 1. The van der Waals surface area contributed by atoms with E-state index in [0.29, 0.717) is 6.04 Å². The molecule has 1 saturated heterocycles. The van der Waals surface area contributed by atoms with Gasteiger partial charge in [0.25, 0.3) is 0 Å². The molecule has 1 atom stereocenters. The van der Waals surface area contributed by atoms with Crippen molar-refractivity contribution in [3.05, 3.63) is 48.3 Å². The number of fused-ring (bicyclic) bond motifs is 1. The highest BCUT2D eigenvalue weighted by molar-refractivity contribution is 7.96. The number of H-pyrrole nitrogens is 1. The Morgan fingerprint density at radius 1 is 1.21 bits per heavy atom. The van der Waals surface area contributed by atoms with Gasteiger partial charge in [0.1, 0.15) is 11.4 Å². The molecule has 4 rings (SSSR count). The topological polar surface area (TPSA) is 62.0 Å². The van der Waals surface area contributed by atoms with Gasteiger partial charge >= 0.3 is 0 Å². The number of hydrogen-bond acceptors (Lipinski definition) is 5. The van der Waals surface area contributed by atoms with Crippen molar-refractivity contribution >= 4 is 23.0 Å². The molecule has 29 heavy (non-hydrogen) atoms. The van der Waals surface area contributed by atoms with Crippen molar-refractivity contribution in [3.63, 3.8) is 0 Å². The molecule has 6 heteroatoms. The molecule has 0 amide bonds. The highest BCUT2D eigenvalue weighted by Gasteiger charge is 2.28. The predicted octanol–water partition coefficient (Wildman–Crippen LogP) is 4.93. The smallest absolute Gasteiger partial charge is 0.141 e. The van der Waals surface area contributed by atoms with Crippen LogP contribution in [0.15, 0.2) is 42.7 Å². The number of piperidine rings is 1. The van der Waals surface area contributed by atoms with Crippen LogP contribution >= 0.6 is 11.9 Å². The molecule has 3 aromatic rings. The fraction of sp³-hybridized carbons (Fsp3) is 0.435. The summed E-state index contributed by atoms with van der Waals surface area (Å²) in [6.45, 7) is 7.37.